The first-order chi connectivity index (χ1) is 7.22. The van der Waals surface area contributed by atoms with Crippen molar-refractivity contribution in [2.24, 2.45) is 0 Å². The minimum atomic E-state index is -0.353. The third-order valence-corrected chi connectivity index (χ3v) is 3.06. The van der Waals surface area contributed by atoms with Crippen LogP contribution in [-0.2, 0) is 4.74 Å². The molecule has 0 radical (unpaired) electrons. The zero-order valence-corrected chi connectivity index (χ0v) is 8.82. The van der Waals surface area contributed by atoms with E-state index in [2.05, 4.69) is 4.74 Å². The van der Waals surface area contributed by atoms with E-state index in [-0.39, 0.29) is 5.97 Å². The molecule has 0 spiro atoms. The molecule has 2 rings (SSSR count). The number of hydrogen-bond donors (Lipinski definition) is 1. The molecular formula is C12H15NO2. The van der Waals surface area contributed by atoms with Crippen molar-refractivity contribution in [3.8, 4) is 0 Å². The van der Waals surface area contributed by atoms with Crippen LogP contribution in [0.5, 0.6) is 0 Å². The van der Waals surface area contributed by atoms with Gasteiger partial charge in [-0.3, -0.25) is 0 Å². The summed E-state index contributed by atoms with van der Waals surface area (Å²) in [6, 6.07) is 5.66. The number of rotatable bonds is 2. The Hall–Kier alpha value is -1.51. The molecular weight excluding hydrogens is 190 g/mol. The highest BCUT2D eigenvalue weighted by Gasteiger charge is 2.21. The Morgan fingerprint density at radius 3 is 2.73 bits per heavy atom. The maximum Gasteiger partial charge on any atom is 0.339 e. The number of ether oxygens (including phenoxy) is 1. The van der Waals surface area contributed by atoms with Gasteiger partial charge in [0.15, 0.2) is 0 Å². The second kappa shape index (κ2) is 3.93. The van der Waals surface area contributed by atoms with Crippen LogP contribution >= 0.6 is 0 Å². The molecule has 2 N–H and O–H groups in total. The van der Waals surface area contributed by atoms with Gasteiger partial charge >= 0.3 is 5.97 Å². The van der Waals surface area contributed by atoms with Gasteiger partial charge in [0.25, 0.3) is 0 Å². The first kappa shape index (κ1) is 10.0. The second-order valence-electron chi connectivity index (χ2n) is 3.97. The summed E-state index contributed by atoms with van der Waals surface area (Å²) in [5, 5.41) is 0. The van der Waals surface area contributed by atoms with E-state index in [0.717, 1.165) is 0 Å². The van der Waals surface area contributed by atoms with E-state index in [4.69, 9.17) is 5.73 Å². The summed E-state index contributed by atoms with van der Waals surface area (Å²) in [6.07, 6.45) is 3.71. The fraction of sp³-hybridized carbons (Fsp3) is 0.417. The van der Waals surface area contributed by atoms with Crippen molar-refractivity contribution in [3.63, 3.8) is 0 Å². The molecule has 1 aromatic carbocycles. The van der Waals surface area contributed by atoms with Crippen LogP contribution in [0.4, 0.5) is 5.69 Å². The molecule has 1 fully saturated rings. The average Bonchev–Trinajstić information content (AvgIpc) is 2.17. The minimum Gasteiger partial charge on any atom is -0.465 e. The van der Waals surface area contributed by atoms with E-state index in [1.807, 2.05) is 12.1 Å². The molecule has 0 bridgehead atoms. The monoisotopic (exact) mass is 205 g/mol. The number of nitrogen functional groups attached to an aromatic ring is 1. The van der Waals surface area contributed by atoms with Crippen LogP contribution < -0.4 is 5.73 Å². The molecule has 1 aromatic rings. The fourth-order valence-corrected chi connectivity index (χ4v) is 1.86. The number of anilines is 1. The molecule has 1 aliphatic rings. The highest BCUT2D eigenvalue weighted by Crippen LogP contribution is 2.37. The second-order valence-corrected chi connectivity index (χ2v) is 3.97. The van der Waals surface area contributed by atoms with Crippen LogP contribution in [-0.4, -0.2) is 13.1 Å². The van der Waals surface area contributed by atoms with E-state index in [0.29, 0.717) is 17.2 Å². The van der Waals surface area contributed by atoms with Crippen molar-refractivity contribution < 1.29 is 9.53 Å². The SMILES string of the molecule is COC(=O)c1cc(C2CCC2)ccc1N. The van der Waals surface area contributed by atoms with Crippen molar-refractivity contribution in [1.82, 2.24) is 0 Å². The van der Waals surface area contributed by atoms with Gasteiger partial charge in [0.1, 0.15) is 0 Å². The van der Waals surface area contributed by atoms with Crippen molar-refractivity contribution in [2.45, 2.75) is 25.2 Å². The Morgan fingerprint density at radius 2 is 2.20 bits per heavy atom. The summed E-state index contributed by atoms with van der Waals surface area (Å²) >= 11 is 0. The first-order valence-electron chi connectivity index (χ1n) is 5.20. The lowest BCUT2D eigenvalue weighted by Crippen LogP contribution is -2.11. The Morgan fingerprint density at radius 1 is 1.47 bits per heavy atom. The predicted molar refractivity (Wildman–Crippen MR) is 58.8 cm³/mol. The standard InChI is InChI=1S/C12H15NO2/c1-15-12(14)10-7-9(5-6-11(10)13)8-3-2-4-8/h5-8H,2-4,13H2,1H3. The maximum absolute atomic E-state index is 11.4. The summed E-state index contributed by atoms with van der Waals surface area (Å²) in [4.78, 5) is 11.4. The third-order valence-electron chi connectivity index (χ3n) is 3.06. The van der Waals surface area contributed by atoms with Gasteiger partial charge in [0.05, 0.1) is 12.7 Å². The lowest BCUT2D eigenvalue weighted by molar-refractivity contribution is 0.0602. The van der Waals surface area contributed by atoms with E-state index in [1.54, 1.807) is 6.07 Å². The highest BCUT2D eigenvalue weighted by molar-refractivity contribution is 5.95. The number of nitrogens with two attached hydrogens (primary N) is 1. The van der Waals surface area contributed by atoms with Crippen molar-refractivity contribution in [1.29, 1.82) is 0 Å². The highest BCUT2D eigenvalue weighted by atomic mass is 16.5. The van der Waals surface area contributed by atoms with Gasteiger partial charge in [-0.05, 0) is 36.5 Å². The van der Waals surface area contributed by atoms with E-state index < -0.39 is 0 Å². The van der Waals surface area contributed by atoms with Gasteiger partial charge < -0.3 is 10.5 Å². The van der Waals surface area contributed by atoms with Crippen LogP contribution in [0, 0.1) is 0 Å². The quantitative estimate of drug-likeness (QED) is 0.595. The molecule has 0 saturated heterocycles. The number of carbonyl (C=O) groups excluding carboxylic acids is 1. The molecule has 1 saturated carbocycles. The van der Waals surface area contributed by atoms with Crippen LogP contribution in [0.3, 0.4) is 0 Å². The summed E-state index contributed by atoms with van der Waals surface area (Å²) in [6.45, 7) is 0. The molecule has 0 amide bonds. The number of carbonyl (C=O) groups is 1. The van der Waals surface area contributed by atoms with Crippen molar-refractivity contribution >= 4 is 11.7 Å². The molecule has 0 unspecified atom stereocenters. The van der Waals surface area contributed by atoms with Gasteiger partial charge in [-0.2, -0.15) is 0 Å². The third kappa shape index (κ3) is 1.82. The number of hydrogen-bond acceptors (Lipinski definition) is 3. The van der Waals surface area contributed by atoms with Crippen LogP contribution in [0.25, 0.3) is 0 Å². The number of esters is 1. The van der Waals surface area contributed by atoms with E-state index in [1.165, 1.54) is 31.9 Å². The molecule has 0 aromatic heterocycles. The molecule has 0 aliphatic heterocycles. The van der Waals surface area contributed by atoms with Crippen molar-refractivity contribution in [2.75, 3.05) is 12.8 Å². The summed E-state index contributed by atoms with van der Waals surface area (Å²) in [7, 11) is 1.37. The summed E-state index contributed by atoms with van der Waals surface area (Å²) in [5.41, 5.74) is 7.91. The van der Waals surface area contributed by atoms with E-state index in [9.17, 15) is 4.79 Å². The minimum absolute atomic E-state index is 0.353. The lowest BCUT2D eigenvalue weighted by Gasteiger charge is -2.26. The summed E-state index contributed by atoms with van der Waals surface area (Å²) < 4.78 is 4.68. The molecule has 15 heavy (non-hydrogen) atoms. The molecule has 3 heteroatoms. The number of benzene rings is 1. The lowest BCUT2D eigenvalue weighted by atomic mass is 9.79. The predicted octanol–water partition coefficient (Wildman–Crippen LogP) is 2.32. The Labute approximate surface area is 89.2 Å². The smallest absolute Gasteiger partial charge is 0.339 e. The average molecular weight is 205 g/mol. The molecule has 80 valence electrons. The molecule has 0 atom stereocenters. The number of methoxy groups -OCH3 is 1. The zero-order valence-electron chi connectivity index (χ0n) is 8.82. The fourth-order valence-electron chi connectivity index (χ4n) is 1.86. The van der Waals surface area contributed by atoms with Gasteiger partial charge in [-0.25, -0.2) is 4.79 Å². The van der Waals surface area contributed by atoms with Gasteiger partial charge in [0, 0.05) is 5.69 Å². The maximum atomic E-state index is 11.4. The Kier molecular flexibility index (Phi) is 2.62. The van der Waals surface area contributed by atoms with Gasteiger partial charge in [0.2, 0.25) is 0 Å². The van der Waals surface area contributed by atoms with Gasteiger partial charge in [-0.15, -0.1) is 0 Å². The van der Waals surface area contributed by atoms with E-state index >= 15 is 0 Å². The van der Waals surface area contributed by atoms with Crippen LogP contribution in [0.15, 0.2) is 18.2 Å². The topological polar surface area (TPSA) is 52.3 Å². The van der Waals surface area contributed by atoms with Crippen LogP contribution in [0.1, 0.15) is 41.1 Å². The van der Waals surface area contributed by atoms with Gasteiger partial charge in [-0.1, -0.05) is 12.5 Å². The molecule has 0 heterocycles. The van der Waals surface area contributed by atoms with Crippen LogP contribution in [0.2, 0.25) is 0 Å². The molecule has 1 aliphatic carbocycles. The zero-order chi connectivity index (χ0) is 10.8. The normalized spacial score (nSPS) is 15.8. The Balaban J connectivity index is 2.31. The molecule has 3 nitrogen and oxygen atoms in total. The van der Waals surface area contributed by atoms with Crippen molar-refractivity contribution in [3.05, 3.63) is 29.3 Å². The largest absolute Gasteiger partial charge is 0.465 e. The first-order valence-corrected chi connectivity index (χ1v) is 5.20. The Bertz CT molecular complexity index is 383. The summed E-state index contributed by atoms with van der Waals surface area (Å²) in [5.74, 6) is 0.252.